The van der Waals surface area contributed by atoms with Crippen molar-refractivity contribution in [2.75, 3.05) is 0 Å². The molecule has 0 radical (unpaired) electrons. The monoisotopic (exact) mass is 182 g/mol. The van der Waals surface area contributed by atoms with Crippen LogP contribution in [0.2, 0.25) is 0 Å². The highest BCUT2D eigenvalue weighted by molar-refractivity contribution is 5.21. The van der Waals surface area contributed by atoms with Crippen LogP contribution in [0.15, 0.2) is 11.1 Å². The van der Waals surface area contributed by atoms with Gasteiger partial charge in [0.1, 0.15) is 0 Å². The summed E-state index contributed by atoms with van der Waals surface area (Å²) in [6.45, 7) is 18.4. The van der Waals surface area contributed by atoms with Crippen LogP contribution < -0.4 is 0 Å². The molecule has 0 saturated carbocycles. The number of hydrogen-bond donors (Lipinski definition) is 0. The van der Waals surface area contributed by atoms with Gasteiger partial charge in [0.05, 0.1) is 0 Å². The second kappa shape index (κ2) is 4.30. The lowest BCUT2D eigenvalue weighted by atomic mass is 9.75. The molecule has 0 nitrogen and oxygen atoms in total. The van der Waals surface area contributed by atoms with Crippen molar-refractivity contribution in [3.8, 4) is 0 Å². The first kappa shape index (κ1) is 12.7. The van der Waals surface area contributed by atoms with E-state index in [-0.39, 0.29) is 0 Å². The molecule has 78 valence electrons. The van der Waals surface area contributed by atoms with E-state index in [4.69, 9.17) is 0 Å². The molecule has 0 saturated heterocycles. The molecule has 0 aliphatic heterocycles. The topological polar surface area (TPSA) is 0 Å². The predicted octanol–water partition coefficient (Wildman–Crippen LogP) is 4.66. The highest BCUT2D eigenvalue weighted by Crippen LogP contribution is 2.35. The smallest absolute Gasteiger partial charge is 0.0168 e. The molecule has 0 heteroatoms. The maximum absolute atomic E-state index is 2.31. The molecular weight excluding hydrogens is 156 g/mol. The molecule has 0 aromatic rings. The lowest BCUT2D eigenvalue weighted by Crippen LogP contribution is -2.17. The van der Waals surface area contributed by atoms with E-state index < -0.39 is 0 Å². The number of rotatable bonds is 2. The maximum atomic E-state index is 2.31. The molecular formula is C13H26. The fourth-order valence-electron chi connectivity index (χ4n) is 2.22. The maximum Gasteiger partial charge on any atom is -0.0168 e. The van der Waals surface area contributed by atoms with E-state index in [1.165, 1.54) is 0 Å². The van der Waals surface area contributed by atoms with Gasteiger partial charge in [-0.15, -0.1) is 0 Å². The van der Waals surface area contributed by atoms with Crippen LogP contribution in [0.3, 0.4) is 0 Å². The fraction of sp³-hybridized carbons (Fsp3) is 0.846. The summed E-state index contributed by atoms with van der Waals surface area (Å²) < 4.78 is 0. The number of allylic oxidation sites excluding steroid dienone is 2. The van der Waals surface area contributed by atoms with Gasteiger partial charge in [0.15, 0.2) is 0 Å². The Hall–Kier alpha value is -0.260. The summed E-state index contributed by atoms with van der Waals surface area (Å²) in [6, 6.07) is 0. The first-order valence-corrected chi connectivity index (χ1v) is 5.39. The van der Waals surface area contributed by atoms with Crippen LogP contribution in [0.1, 0.15) is 55.4 Å². The van der Waals surface area contributed by atoms with E-state index in [1.54, 1.807) is 11.1 Å². The molecule has 13 heavy (non-hydrogen) atoms. The third-order valence-corrected chi connectivity index (χ3v) is 2.68. The SMILES string of the molecule is C/C(=C(\C(C)C)C(C)(C)C)C(C)C. The minimum absolute atomic E-state index is 0.322. The Bertz CT molecular complexity index is 187. The van der Waals surface area contributed by atoms with Gasteiger partial charge in [0.25, 0.3) is 0 Å². The van der Waals surface area contributed by atoms with Gasteiger partial charge in [-0.05, 0) is 24.2 Å². The molecule has 0 spiro atoms. The Morgan fingerprint density at radius 1 is 0.846 bits per heavy atom. The van der Waals surface area contributed by atoms with Crippen molar-refractivity contribution in [2.24, 2.45) is 17.3 Å². The molecule has 0 fully saturated rings. The van der Waals surface area contributed by atoms with Crippen LogP contribution in [0, 0.1) is 17.3 Å². The van der Waals surface area contributed by atoms with Crippen LogP contribution in [0.5, 0.6) is 0 Å². The van der Waals surface area contributed by atoms with Crippen LogP contribution in [0.4, 0.5) is 0 Å². The Labute approximate surface area is 84.4 Å². The summed E-state index contributed by atoms with van der Waals surface area (Å²) in [4.78, 5) is 0. The summed E-state index contributed by atoms with van der Waals surface area (Å²) >= 11 is 0. The van der Waals surface area contributed by atoms with Crippen molar-refractivity contribution < 1.29 is 0 Å². The number of hydrogen-bond acceptors (Lipinski definition) is 0. The molecule has 0 bridgehead atoms. The van der Waals surface area contributed by atoms with Crippen molar-refractivity contribution in [1.82, 2.24) is 0 Å². The Balaban J connectivity index is 5.14. The zero-order valence-corrected chi connectivity index (χ0v) is 10.7. The molecule has 0 heterocycles. The minimum atomic E-state index is 0.322. The van der Waals surface area contributed by atoms with Gasteiger partial charge >= 0.3 is 0 Å². The van der Waals surface area contributed by atoms with E-state index in [0.717, 1.165) is 0 Å². The quantitative estimate of drug-likeness (QED) is 0.545. The lowest BCUT2D eigenvalue weighted by Gasteiger charge is -2.30. The van der Waals surface area contributed by atoms with Crippen LogP contribution >= 0.6 is 0 Å². The van der Waals surface area contributed by atoms with Crippen LogP contribution in [0.25, 0.3) is 0 Å². The van der Waals surface area contributed by atoms with Gasteiger partial charge in [-0.1, -0.05) is 59.6 Å². The minimum Gasteiger partial charge on any atom is -0.0708 e. The van der Waals surface area contributed by atoms with Gasteiger partial charge in [-0.2, -0.15) is 0 Å². The molecule has 0 aliphatic carbocycles. The molecule has 0 unspecified atom stereocenters. The molecule has 0 rings (SSSR count). The molecule has 0 N–H and O–H groups in total. The van der Waals surface area contributed by atoms with Gasteiger partial charge in [0, 0.05) is 0 Å². The fourth-order valence-corrected chi connectivity index (χ4v) is 2.22. The summed E-state index contributed by atoms with van der Waals surface area (Å²) in [6.07, 6.45) is 0. The van der Waals surface area contributed by atoms with E-state index in [0.29, 0.717) is 17.3 Å². The van der Waals surface area contributed by atoms with Gasteiger partial charge in [-0.25, -0.2) is 0 Å². The predicted molar refractivity (Wildman–Crippen MR) is 61.8 cm³/mol. The van der Waals surface area contributed by atoms with Crippen molar-refractivity contribution in [3.63, 3.8) is 0 Å². The summed E-state index contributed by atoms with van der Waals surface area (Å²) in [5, 5.41) is 0. The second-order valence-electron chi connectivity index (χ2n) is 5.66. The summed E-state index contributed by atoms with van der Waals surface area (Å²) in [5.41, 5.74) is 3.52. The van der Waals surface area contributed by atoms with E-state index >= 15 is 0 Å². The summed E-state index contributed by atoms with van der Waals surface area (Å²) in [5.74, 6) is 1.35. The molecule has 0 aliphatic rings. The molecule has 0 aromatic heterocycles. The average molecular weight is 182 g/mol. The van der Waals surface area contributed by atoms with E-state index in [9.17, 15) is 0 Å². The Morgan fingerprint density at radius 3 is 1.31 bits per heavy atom. The zero-order valence-electron chi connectivity index (χ0n) is 10.7. The van der Waals surface area contributed by atoms with Crippen molar-refractivity contribution in [2.45, 2.75) is 55.4 Å². The lowest BCUT2D eigenvalue weighted by molar-refractivity contribution is 0.433. The highest BCUT2D eigenvalue weighted by atomic mass is 14.3. The zero-order chi connectivity index (χ0) is 10.8. The highest BCUT2D eigenvalue weighted by Gasteiger charge is 2.22. The van der Waals surface area contributed by atoms with Gasteiger partial charge < -0.3 is 0 Å². The standard InChI is InChI=1S/C13H26/c1-9(2)11(5)12(10(3)4)13(6,7)8/h9-10H,1-8H3/b12-11-. The van der Waals surface area contributed by atoms with Gasteiger partial charge in [-0.3, -0.25) is 0 Å². The summed E-state index contributed by atoms with van der Waals surface area (Å²) in [7, 11) is 0. The van der Waals surface area contributed by atoms with Crippen molar-refractivity contribution in [3.05, 3.63) is 11.1 Å². The molecule has 0 amide bonds. The van der Waals surface area contributed by atoms with Gasteiger partial charge in [0.2, 0.25) is 0 Å². The van der Waals surface area contributed by atoms with E-state index in [1.807, 2.05) is 0 Å². The Morgan fingerprint density at radius 2 is 1.23 bits per heavy atom. The van der Waals surface area contributed by atoms with Crippen molar-refractivity contribution in [1.29, 1.82) is 0 Å². The second-order valence-corrected chi connectivity index (χ2v) is 5.66. The largest absolute Gasteiger partial charge is 0.0708 e. The van der Waals surface area contributed by atoms with E-state index in [2.05, 4.69) is 55.4 Å². The van der Waals surface area contributed by atoms with Crippen LogP contribution in [-0.2, 0) is 0 Å². The third-order valence-electron chi connectivity index (χ3n) is 2.68. The molecule has 0 atom stereocenters. The van der Waals surface area contributed by atoms with Crippen molar-refractivity contribution >= 4 is 0 Å². The normalized spacial score (nSPS) is 15.2. The first-order valence-electron chi connectivity index (χ1n) is 5.39. The molecule has 0 aromatic carbocycles. The third kappa shape index (κ3) is 3.54. The van der Waals surface area contributed by atoms with Crippen LogP contribution in [-0.4, -0.2) is 0 Å². The Kier molecular flexibility index (Phi) is 4.22. The average Bonchev–Trinajstić information content (AvgIpc) is 1.82. The first-order chi connectivity index (χ1) is 5.68.